The highest BCUT2D eigenvalue weighted by molar-refractivity contribution is 7.92. The van der Waals surface area contributed by atoms with Crippen molar-refractivity contribution < 1.29 is 31.2 Å². The molecule has 1 unspecified atom stereocenters. The van der Waals surface area contributed by atoms with Crippen LogP contribution in [0.15, 0.2) is 71.6 Å². The lowest BCUT2D eigenvalue weighted by Crippen LogP contribution is -2.54. The van der Waals surface area contributed by atoms with E-state index in [1.807, 2.05) is 0 Å². The maximum absolute atomic E-state index is 14.0. The normalized spacial score (nSPS) is 12.9. The molecule has 0 saturated carbocycles. The number of amides is 2. The lowest BCUT2D eigenvalue weighted by Gasteiger charge is -2.33. The standard InChI is InChI=1S/C30H32Cl2F3N3O4S/c1-19-10-13-23(14-11-19)43(41,42)38(22-12-15-26(32)24(16-22)30(33,34)35)18-27(39)37(17-21-8-6-7-9-25(21)31)20(2)28(40)36-29(3,4)5/h6-16,20H,17-18H2,1-5H3,(H,36,40). The van der Waals surface area contributed by atoms with Crippen LogP contribution < -0.4 is 9.62 Å². The van der Waals surface area contributed by atoms with Gasteiger partial charge in [0.25, 0.3) is 10.0 Å². The molecule has 0 aliphatic rings. The minimum absolute atomic E-state index is 0.177. The van der Waals surface area contributed by atoms with Crippen molar-refractivity contribution in [2.24, 2.45) is 0 Å². The van der Waals surface area contributed by atoms with E-state index < -0.39 is 62.4 Å². The van der Waals surface area contributed by atoms with Crippen LogP contribution in [0.25, 0.3) is 0 Å². The van der Waals surface area contributed by atoms with E-state index in [9.17, 15) is 31.2 Å². The zero-order chi connectivity index (χ0) is 32.3. The summed E-state index contributed by atoms with van der Waals surface area (Å²) >= 11 is 12.1. The number of alkyl halides is 3. The SMILES string of the molecule is Cc1ccc(S(=O)(=O)N(CC(=O)N(Cc2ccccc2Cl)C(C)C(=O)NC(C)(C)C)c2ccc(Cl)c(C(F)(F)F)c2)cc1. The summed E-state index contributed by atoms with van der Waals surface area (Å²) < 4.78 is 69.7. The first kappa shape index (κ1) is 34.2. The van der Waals surface area contributed by atoms with Gasteiger partial charge in [-0.3, -0.25) is 13.9 Å². The fourth-order valence-corrected chi connectivity index (χ4v) is 5.94. The second-order valence-corrected chi connectivity index (χ2v) is 13.7. The van der Waals surface area contributed by atoms with Crippen LogP contribution in [0.1, 0.15) is 44.4 Å². The van der Waals surface area contributed by atoms with Crippen LogP contribution in [0.5, 0.6) is 0 Å². The van der Waals surface area contributed by atoms with E-state index in [1.54, 1.807) is 52.0 Å². The zero-order valence-electron chi connectivity index (χ0n) is 24.2. The number of rotatable bonds is 9. The fourth-order valence-electron chi connectivity index (χ4n) is 4.12. The van der Waals surface area contributed by atoms with Gasteiger partial charge in [0.2, 0.25) is 11.8 Å². The van der Waals surface area contributed by atoms with Gasteiger partial charge in [0.15, 0.2) is 0 Å². The lowest BCUT2D eigenvalue weighted by atomic mass is 10.1. The molecule has 1 N–H and O–H groups in total. The molecule has 0 fully saturated rings. The summed E-state index contributed by atoms with van der Waals surface area (Å²) in [5.41, 5.74) is -1.13. The first-order chi connectivity index (χ1) is 19.8. The van der Waals surface area contributed by atoms with E-state index >= 15 is 0 Å². The first-order valence-corrected chi connectivity index (χ1v) is 15.3. The Morgan fingerprint density at radius 2 is 1.53 bits per heavy atom. The van der Waals surface area contributed by atoms with Gasteiger partial charge in [0.1, 0.15) is 12.6 Å². The van der Waals surface area contributed by atoms with Gasteiger partial charge < -0.3 is 10.2 Å². The number of benzene rings is 3. The number of sulfonamides is 1. The summed E-state index contributed by atoms with van der Waals surface area (Å²) in [6, 6.07) is 13.7. The molecule has 232 valence electrons. The van der Waals surface area contributed by atoms with Crippen molar-refractivity contribution in [3.05, 3.63) is 93.5 Å². The minimum atomic E-state index is -4.90. The second kappa shape index (κ2) is 13.2. The fraction of sp³-hybridized carbons (Fsp3) is 0.333. The molecule has 0 aromatic heterocycles. The van der Waals surface area contributed by atoms with Crippen LogP contribution >= 0.6 is 23.2 Å². The van der Waals surface area contributed by atoms with E-state index in [-0.39, 0.29) is 11.4 Å². The van der Waals surface area contributed by atoms with E-state index in [4.69, 9.17) is 23.2 Å². The number of nitrogens with zero attached hydrogens (tertiary/aromatic N) is 2. The maximum atomic E-state index is 14.0. The molecule has 0 aliphatic heterocycles. The molecule has 13 heteroatoms. The smallest absolute Gasteiger partial charge is 0.350 e. The Hall–Kier alpha value is -3.28. The quantitative estimate of drug-likeness (QED) is 0.273. The van der Waals surface area contributed by atoms with Crippen molar-refractivity contribution in [3.63, 3.8) is 0 Å². The number of carbonyl (C=O) groups excluding carboxylic acids is 2. The second-order valence-electron chi connectivity index (χ2n) is 11.0. The monoisotopic (exact) mass is 657 g/mol. The summed E-state index contributed by atoms with van der Waals surface area (Å²) in [6.45, 7) is 7.38. The average molecular weight is 659 g/mol. The summed E-state index contributed by atoms with van der Waals surface area (Å²) in [6.07, 6.45) is -4.90. The van der Waals surface area contributed by atoms with Gasteiger partial charge in [-0.05, 0) is 76.6 Å². The van der Waals surface area contributed by atoms with Gasteiger partial charge in [-0.1, -0.05) is 59.1 Å². The highest BCUT2D eigenvalue weighted by Gasteiger charge is 2.37. The van der Waals surface area contributed by atoms with Crippen molar-refractivity contribution in [2.75, 3.05) is 10.8 Å². The molecule has 0 heterocycles. The number of halogens is 5. The van der Waals surface area contributed by atoms with Gasteiger partial charge >= 0.3 is 6.18 Å². The minimum Gasteiger partial charge on any atom is -0.350 e. The number of aryl methyl sites for hydroxylation is 1. The van der Waals surface area contributed by atoms with Gasteiger partial charge in [-0.15, -0.1) is 0 Å². The molecular formula is C30H32Cl2F3N3O4S. The number of hydrogen-bond acceptors (Lipinski definition) is 4. The molecule has 2 amide bonds. The van der Waals surface area contributed by atoms with Gasteiger partial charge in [-0.25, -0.2) is 8.42 Å². The highest BCUT2D eigenvalue weighted by Crippen LogP contribution is 2.38. The summed E-state index contributed by atoms with van der Waals surface area (Å²) in [5, 5.41) is 2.46. The summed E-state index contributed by atoms with van der Waals surface area (Å²) in [7, 11) is -4.58. The third kappa shape index (κ3) is 8.64. The topological polar surface area (TPSA) is 86.8 Å². The van der Waals surface area contributed by atoms with Crippen LogP contribution in [0.2, 0.25) is 10.0 Å². The maximum Gasteiger partial charge on any atom is 0.417 e. The number of nitrogens with one attached hydrogen (secondary N) is 1. The Morgan fingerprint density at radius 3 is 2.09 bits per heavy atom. The Kier molecular flexibility index (Phi) is 10.5. The first-order valence-electron chi connectivity index (χ1n) is 13.1. The molecule has 0 radical (unpaired) electrons. The molecular weight excluding hydrogens is 626 g/mol. The molecule has 7 nitrogen and oxygen atoms in total. The molecule has 0 bridgehead atoms. The molecule has 0 saturated heterocycles. The zero-order valence-corrected chi connectivity index (χ0v) is 26.5. The van der Waals surface area contributed by atoms with Crippen molar-refractivity contribution in [2.45, 2.75) is 63.8 Å². The van der Waals surface area contributed by atoms with E-state index in [0.717, 1.165) is 22.6 Å². The summed E-state index contributed by atoms with van der Waals surface area (Å²) in [5.74, 6) is -1.37. The lowest BCUT2D eigenvalue weighted by molar-refractivity contribution is -0.140. The van der Waals surface area contributed by atoms with Crippen LogP contribution in [-0.2, 0) is 32.3 Å². The van der Waals surface area contributed by atoms with Crippen LogP contribution in [0, 0.1) is 6.92 Å². The van der Waals surface area contributed by atoms with E-state index in [0.29, 0.717) is 21.0 Å². The molecule has 3 rings (SSSR count). The van der Waals surface area contributed by atoms with Crippen LogP contribution in [-0.4, -0.2) is 43.3 Å². The largest absolute Gasteiger partial charge is 0.417 e. The molecule has 0 spiro atoms. The third-order valence-corrected chi connectivity index (χ3v) is 8.88. The predicted molar refractivity (Wildman–Crippen MR) is 162 cm³/mol. The van der Waals surface area contributed by atoms with Crippen LogP contribution in [0.4, 0.5) is 18.9 Å². The molecule has 43 heavy (non-hydrogen) atoms. The highest BCUT2D eigenvalue weighted by atomic mass is 35.5. The van der Waals surface area contributed by atoms with Gasteiger partial charge in [0, 0.05) is 17.1 Å². The Balaban J connectivity index is 2.14. The van der Waals surface area contributed by atoms with Crippen molar-refractivity contribution in [3.8, 4) is 0 Å². The number of anilines is 1. The Bertz CT molecular complexity index is 1590. The van der Waals surface area contributed by atoms with E-state index in [1.165, 1.54) is 31.2 Å². The average Bonchev–Trinajstić information content (AvgIpc) is 2.89. The van der Waals surface area contributed by atoms with E-state index in [2.05, 4.69) is 5.32 Å². The Labute approximate surface area is 259 Å². The molecule has 3 aromatic rings. The van der Waals surface area contributed by atoms with Crippen molar-refractivity contribution in [1.29, 1.82) is 0 Å². The van der Waals surface area contributed by atoms with Gasteiger partial charge in [-0.2, -0.15) is 13.2 Å². The summed E-state index contributed by atoms with van der Waals surface area (Å²) in [4.78, 5) is 28.0. The molecule has 0 aliphatic carbocycles. The van der Waals surface area contributed by atoms with Gasteiger partial charge in [0.05, 0.1) is 21.2 Å². The number of hydrogen-bond donors (Lipinski definition) is 1. The third-order valence-electron chi connectivity index (χ3n) is 6.40. The number of carbonyl (C=O) groups is 2. The van der Waals surface area contributed by atoms with Crippen molar-refractivity contribution in [1.82, 2.24) is 10.2 Å². The molecule has 3 aromatic carbocycles. The Morgan fingerprint density at radius 1 is 0.930 bits per heavy atom. The predicted octanol–water partition coefficient (Wildman–Crippen LogP) is 6.85. The van der Waals surface area contributed by atoms with Crippen molar-refractivity contribution >= 4 is 50.7 Å². The van der Waals surface area contributed by atoms with Crippen LogP contribution in [0.3, 0.4) is 0 Å². The molecule has 1 atom stereocenters.